The lowest BCUT2D eigenvalue weighted by atomic mass is 10.1. The van der Waals surface area contributed by atoms with Gasteiger partial charge in [0, 0.05) is 23.8 Å². The summed E-state index contributed by atoms with van der Waals surface area (Å²) in [6.07, 6.45) is 3.19. The van der Waals surface area contributed by atoms with Gasteiger partial charge in [-0.05, 0) is 38.3 Å². The zero-order chi connectivity index (χ0) is 13.8. The van der Waals surface area contributed by atoms with Gasteiger partial charge in [-0.25, -0.2) is 0 Å². The van der Waals surface area contributed by atoms with Crippen LogP contribution < -0.4 is 10.5 Å². The first-order valence-electron chi connectivity index (χ1n) is 6.91. The van der Waals surface area contributed by atoms with Crippen molar-refractivity contribution >= 4 is 11.6 Å². The Labute approximate surface area is 114 Å². The van der Waals surface area contributed by atoms with Gasteiger partial charge in [-0.3, -0.25) is 4.79 Å². The number of benzene rings is 1. The number of carbonyl (C=O) groups excluding carboxylic acids is 1. The SMILES string of the molecule is CCC1CCC(C)N1C(=O)COc1cccc(N)c1. The molecule has 104 valence electrons. The van der Waals surface area contributed by atoms with Crippen molar-refractivity contribution < 1.29 is 9.53 Å². The molecule has 1 amide bonds. The van der Waals surface area contributed by atoms with Crippen LogP contribution in [0.3, 0.4) is 0 Å². The number of hydrogen-bond donors (Lipinski definition) is 1. The first kappa shape index (κ1) is 13.7. The van der Waals surface area contributed by atoms with Gasteiger partial charge in [0.05, 0.1) is 0 Å². The minimum atomic E-state index is 0.0688. The van der Waals surface area contributed by atoms with E-state index in [0.29, 0.717) is 23.5 Å². The largest absolute Gasteiger partial charge is 0.484 e. The summed E-state index contributed by atoms with van der Waals surface area (Å²) < 4.78 is 5.53. The average Bonchev–Trinajstić information content (AvgIpc) is 2.77. The van der Waals surface area contributed by atoms with E-state index in [1.165, 1.54) is 0 Å². The predicted octanol–water partition coefficient (Wildman–Crippen LogP) is 2.44. The van der Waals surface area contributed by atoms with E-state index in [2.05, 4.69) is 13.8 Å². The monoisotopic (exact) mass is 262 g/mol. The second kappa shape index (κ2) is 5.95. The summed E-state index contributed by atoms with van der Waals surface area (Å²) in [6.45, 7) is 4.32. The van der Waals surface area contributed by atoms with Crippen molar-refractivity contribution in [1.82, 2.24) is 4.90 Å². The molecule has 0 bridgehead atoms. The zero-order valence-electron chi connectivity index (χ0n) is 11.6. The molecule has 1 heterocycles. The van der Waals surface area contributed by atoms with Crippen molar-refractivity contribution in [3.63, 3.8) is 0 Å². The molecule has 1 fully saturated rings. The molecule has 4 nitrogen and oxygen atoms in total. The fraction of sp³-hybridized carbons (Fsp3) is 0.533. The molecular weight excluding hydrogens is 240 g/mol. The Morgan fingerprint density at radius 2 is 2.26 bits per heavy atom. The van der Waals surface area contributed by atoms with Crippen LogP contribution in [-0.4, -0.2) is 29.5 Å². The maximum absolute atomic E-state index is 12.3. The number of nitrogens with zero attached hydrogens (tertiary/aromatic N) is 1. The van der Waals surface area contributed by atoms with Gasteiger partial charge in [-0.2, -0.15) is 0 Å². The molecule has 0 saturated carbocycles. The van der Waals surface area contributed by atoms with Crippen molar-refractivity contribution in [3.8, 4) is 5.75 Å². The van der Waals surface area contributed by atoms with Gasteiger partial charge in [0.25, 0.3) is 5.91 Å². The van der Waals surface area contributed by atoms with E-state index in [0.717, 1.165) is 19.3 Å². The zero-order valence-corrected chi connectivity index (χ0v) is 11.6. The molecule has 1 aromatic carbocycles. The highest BCUT2D eigenvalue weighted by molar-refractivity contribution is 5.78. The van der Waals surface area contributed by atoms with Crippen LogP contribution in [0.2, 0.25) is 0 Å². The lowest BCUT2D eigenvalue weighted by molar-refractivity contribution is -0.136. The summed E-state index contributed by atoms with van der Waals surface area (Å²) in [5.41, 5.74) is 6.32. The van der Waals surface area contributed by atoms with E-state index in [-0.39, 0.29) is 12.5 Å². The molecule has 1 aromatic rings. The molecule has 0 aliphatic carbocycles. The third-order valence-electron chi connectivity index (χ3n) is 3.77. The number of amides is 1. The molecule has 1 aliphatic rings. The maximum atomic E-state index is 12.3. The van der Waals surface area contributed by atoms with Crippen molar-refractivity contribution in [3.05, 3.63) is 24.3 Å². The maximum Gasteiger partial charge on any atom is 0.260 e. The molecule has 2 rings (SSSR count). The highest BCUT2D eigenvalue weighted by Crippen LogP contribution is 2.26. The van der Waals surface area contributed by atoms with E-state index in [4.69, 9.17) is 10.5 Å². The fourth-order valence-corrected chi connectivity index (χ4v) is 2.75. The summed E-state index contributed by atoms with van der Waals surface area (Å²) in [6, 6.07) is 7.85. The number of likely N-dealkylation sites (tertiary alicyclic amines) is 1. The second-order valence-electron chi connectivity index (χ2n) is 5.15. The standard InChI is InChI=1S/C15H22N2O2/c1-3-13-8-7-11(2)17(13)15(18)10-19-14-6-4-5-12(16)9-14/h4-6,9,11,13H,3,7-8,10,16H2,1-2H3. The molecule has 0 aromatic heterocycles. The highest BCUT2D eigenvalue weighted by atomic mass is 16.5. The van der Waals surface area contributed by atoms with E-state index in [9.17, 15) is 4.79 Å². The van der Waals surface area contributed by atoms with Gasteiger partial charge in [-0.1, -0.05) is 13.0 Å². The smallest absolute Gasteiger partial charge is 0.260 e. The molecule has 4 heteroatoms. The molecule has 2 unspecified atom stereocenters. The fourth-order valence-electron chi connectivity index (χ4n) is 2.75. The van der Waals surface area contributed by atoms with Crippen LogP contribution in [0, 0.1) is 0 Å². The number of nitrogens with two attached hydrogens (primary N) is 1. The van der Waals surface area contributed by atoms with E-state index >= 15 is 0 Å². The van der Waals surface area contributed by atoms with Gasteiger partial charge >= 0.3 is 0 Å². The quantitative estimate of drug-likeness (QED) is 0.848. The molecule has 0 spiro atoms. The molecule has 0 radical (unpaired) electrons. The van der Waals surface area contributed by atoms with Crippen molar-refractivity contribution in [2.75, 3.05) is 12.3 Å². The van der Waals surface area contributed by atoms with Crippen LogP contribution >= 0.6 is 0 Å². The highest BCUT2D eigenvalue weighted by Gasteiger charge is 2.32. The number of hydrogen-bond acceptors (Lipinski definition) is 3. The number of carbonyl (C=O) groups is 1. The van der Waals surface area contributed by atoms with Crippen molar-refractivity contribution in [1.29, 1.82) is 0 Å². The van der Waals surface area contributed by atoms with Crippen molar-refractivity contribution in [2.45, 2.75) is 45.2 Å². The molecule has 1 saturated heterocycles. The third kappa shape index (κ3) is 3.19. The van der Waals surface area contributed by atoms with Gasteiger partial charge < -0.3 is 15.4 Å². The molecule has 2 atom stereocenters. The number of anilines is 1. The van der Waals surface area contributed by atoms with Crippen LogP contribution in [-0.2, 0) is 4.79 Å². The Morgan fingerprint density at radius 3 is 2.95 bits per heavy atom. The van der Waals surface area contributed by atoms with E-state index in [1.807, 2.05) is 17.0 Å². The van der Waals surface area contributed by atoms with Crippen LogP contribution in [0.15, 0.2) is 24.3 Å². The number of ether oxygens (including phenoxy) is 1. The Kier molecular flexibility index (Phi) is 4.30. The van der Waals surface area contributed by atoms with Crippen LogP contribution in [0.1, 0.15) is 33.1 Å². The van der Waals surface area contributed by atoms with E-state index in [1.54, 1.807) is 12.1 Å². The summed E-state index contributed by atoms with van der Waals surface area (Å²) in [7, 11) is 0. The van der Waals surface area contributed by atoms with Crippen LogP contribution in [0.5, 0.6) is 5.75 Å². The summed E-state index contributed by atoms with van der Waals surface area (Å²) >= 11 is 0. The predicted molar refractivity (Wildman–Crippen MR) is 76.0 cm³/mol. The van der Waals surface area contributed by atoms with E-state index < -0.39 is 0 Å². The van der Waals surface area contributed by atoms with Gasteiger partial charge in [0.2, 0.25) is 0 Å². The van der Waals surface area contributed by atoms with Crippen LogP contribution in [0.25, 0.3) is 0 Å². The minimum absolute atomic E-state index is 0.0688. The average molecular weight is 262 g/mol. The minimum Gasteiger partial charge on any atom is -0.484 e. The van der Waals surface area contributed by atoms with Gasteiger partial charge in [0.15, 0.2) is 6.61 Å². The molecule has 19 heavy (non-hydrogen) atoms. The summed E-state index contributed by atoms with van der Waals surface area (Å²) in [5.74, 6) is 0.715. The Hall–Kier alpha value is -1.71. The lowest BCUT2D eigenvalue weighted by Crippen LogP contribution is -2.42. The van der Waals surface area contributed by atoms with Gasteiger partial charge in [0.1, 0.15) is 5.75 Å². The lowest BCUT2D eigenvalue weighted by Gasteiger charge is -2.27. The topological polar surface area (TPSA) is 55.6 Å². The number of nitrogen functional groups attached to an aromatic ring is 1. The van der Waals surface area contributed by atoms with Crippen molar-refractivity contribution in [2.24, 2.45) is 0 Å². The van der Waals surface area contributed by atoms with Gasteiger partial charge in [-0.15, -0.1) is 0 Å². The normalized spacial score (nSPS) is 22.5. The summed E-state index contributed by atoms with van der Waals surface area (Å²) in [4.78, 5) is 14.2. The first-order valence-corrected chi connectivity index (χ1v) is 6.91. The third-order valence-corrected chi connectivity index (χ3v) is 3.77. The summed E-state index contributed by atoms with van der Waals surface area (Å²) in [5, 5.41) is 0. The molecular formula is C15H22N2O2. The Morgan fingerprint density at radius 1 is 1.47 bits per heavy atom. The molecule has 1 aliphatic heterocycles. The Balaban J connectivity index is 1.94. The second-order valence-corrected chi connectivity index (χ2v) is 5.15. The number of rotatable bonds is 4. The Bertz CT molecular complexity index is 448. The molecule has 2 N–H and O–H groups in total. The first-order chi connectivity index (χ1) is 9.11. The van der Waals surface area contributed by atoms with Crippen LogP contribution in [0.4, 0.5) is 5.69 Å².